The van der Waals surface area contributed by atoms with Gasteiger partial charge in [0.2, 0.25) is 0 Å². The van der Waals surface area contributed by atoms with Gasteiger partial charge in [0.25, 0.3) is 0 Å². The molecule has 7 heteroatoms. The van der Waals surface area contributed by atoms with Crippen molar-refractivity contribution in [3.63, 3.8) is 0 Å². The quantitative estimate of drug-likeness (QED) is 0.475. The van der Waals surface area contributed by atoms with Crippen molar-refractivity contribution in [2.45, 2.75) is 44.5 Å². The number of nitrogen functional groups attached to an aromatic ring is 1. The van der Waals surface area contributed by atoms with E-state index in [4.69, 9.17) is 24.7 Å². The summed E-state index contributed by atoms with van der Waals surface area (Å²) in [4.78, 5) is 2.44. The van der Waals surface area contributed by atoms with Crippen molar-refractivity contribution in [1.82, 2.24) is 4.90 Å². The largest absolute Gasteiger partial charge is 0.493 e. The van der Waals surface area contributed by atoms with Gasteiger partial charge < -0.3 is 29.8 Å². The fourth-order valence-corrected chi connectivity index (χ4v) is 5.12. The zero-order valence-electron chi connectivity index (χ0n) is 20.9. The lowest BCUT2D eigenvalue weighted by Crippen LogP contribution is -2.41. The van der Waals surface area contributed by atoms with Gasteiger partial charge in [-0.1, -0.05) is 36.4 Å². The van der Waals surface area contributed by atoms with Crippen LogP contribution in [-0.4, -0.2) is 43.4 Å². The Kier molecular flexibility index (Phi) is 7.43. The highest BCUT2D eigenvalue weighted by atomic mass is 16.7. The number of rotatable bonds is 7. The number of benzene rings is 3. The molecule has 0 bridgehead atoms. The van der Waals surface area contributed by atoms with Crippen molar-refractivity contribution in [2.24, 2.45) is 0 Å². The van der Waals surface area contributed by atoms with Gasteiger partial charge in [-0.3, -0.25) is 4.90 Å². The molecule has 36 heavy (non-hydrogen) atoms. The average molecular weight is 491 g/mol. The molecule has 1 saturated heterocycles. The molecular weight excluding hydrogens is 456 g/mol. The molecule has 190 valence electrons. The highest BCUT2D eigenvalue weighted by molar-refractivity contribution is 5.48. The maximum absolute atomic E-state index is 9.43. The lowest BCUT2D eigenvalue weighted by Gasteiger charge is -2.39. The minimum absolute atomic E-state index is 0.0191. The van der Waals surface area contributed by atoms with Crippen molar-refractivity contribution in [3.8, 4) is 11.5 Å². The molecule has 0 amide bonds. The Balaban J connectivity index is 1.35. The highest BCUT2D eigenvalue weighted by Gasteiger charge is 2.34. The van der Waals surface area contributed by atoms with Crippen molar-refractivity contribution >= 4 is 5.69 Å². The molecule has 3 N–H and O–H groups in total. The summed E-state index contributed by atoms with van der Waals surface area (Å²) < 4.78 is 23.9. The second-order valence-electron chi connectivity index (χ2n) is 9.48. The molecule has 3 aromatic rings. The van der Waals surface area contributed by atoms with Gasteiger partial charge in [0, 0.05) is 37.3 Å². The van der Waals surface area contributed by atoms with E-state index in [1.807, 2.05) is 48.5 Å². The molecule has 1 fully saturated rings. The summed E-state index contributed by atoms with van der Waals surface area (Å²) in [5.41, 5.74) is 12.2. The Bertz CT molecular complexity index is 1180. The summed E-state index contributed by atoms with van der Waals surface area (Å²) in [6.45, 7) is 2.59. The zero-order chi connectivity index (χ0) is 25.1. The molecule has 0 radical (unpaired) electrons. The predicted molar refractivity (Wildman–Crippen MR) is 138 cm³/mol. The second kappa shape index (κ2) is 10.9. The number of hydrogen-bond acceptors (Lipinski definition) is 7. The predicted octanol–water partition coefficient (Wildman–Crippen LogP) is 4.38. The van der Waals surface area contributed by atoms with Crippen LogP contribution in [0.5, 0.6) is 11.5 Å². The van der Waals surface area contributed by atoms with Crippen LogP contribution in [0.2, 0.25) is 0 Å². The summed E-state index contributed by atoms with van der Waals surface area (Å²) in [7, 11) is 3.34. The second-order valence-corrected chi connectivity index (χ2v) is 9.48. The SMILES string of the molecule is COc1cc2c(cc1OC)CN(C[C@H]1C[C@@H](c3ccc(CO)cc3)O[C@@H](c3cccc(N)c3)O1)CC2. The molecule has 0 saturated carbocycles. The van der Waals surface area contributed by atoms with Crippen LogP contribution in [-0.2, 0) is 29.0 Å². The van der Waals surface area contributed by atoms with Crippen molar-refractivity contribution < 1.29 is 24.1 Å². The third kappa shape index (κ3) is 5.34. The van der Waals surface area contributed by atoms with Crippen LogP contribution >= 0.6 is 0 Å². The van der Waals surface area contributed by atoms with E-state index in [1.54, 1.807) is 14.2 Å². The van der Waals surface area contributed by atoms with Crippen molar-refractivity contribution in [3.05, 3.63) is 88.5 Å². The monoisotopic (exact) mass is 490 g/mol. The maximum atomic E-state index is 9.43. The third-order valence-electron chi connectivity index (χ3n) is 7.06. The Hall–Kier alpha value is -3.10. The number of anilines is 1. The lowest BCUT2D eigenvalue weighted by atomic mass is 9.97. The molecule has 0 aliphatic carbocycles. The fraction of sp³-hybridized carbons (Fsp3) is 0.379. The van der Waals surface area contributed by atoms with Gasteiger partial charge in [-0.05, 0) is 52.9 Å². The molecule has 7 nitrogen and oxygen atoms in total. The van der Waals surface area contributed by atoms with Gasteiger partial charge in [-0.2, -0.15) is 0 Å². The van der Waals surface area contributed by atoms with Crippen LogP contribution in [0.3, 0.4) is 0 Å². The van der Waals surface area contributed by atoms with E-state index in [-0.39, 0.29) is 18.8 Å². The molecule has 2 heterocycles. The number of aliphatic hydroxyl groups is 1. The van der Waals surface area contributed by atoms with E-state index in [0.717, 1.165) is 60.7 Å². The minimum atomic E-state index is -0.504. The van der Waals surface area contributed by atoms with Gasteiger partial charge >= 0.3 is 0 Å². The minimum Gasteiger partial charge on any atom is -0.493 e. The first-order valence-electron chi connectivity index (χ1n) is 12.4. The molecule has 5 rings (SSSR count). The zero-order valence-corrected chi connectivity index (χ0v) is 20.9. The summed E-state index contributed by atoms with van der Waals surface area (Å²) in [5.74, 6) is 1.53. The number of hydrogen-bond donors (Lipinski definition) is 2. The van der Waals surface area contributed by atoms with Gasteiger partial charge in [0.1, 0.15) is 0 Å². The lowest BCUT2D eigenvalue weighted by molar-refractivity contribution is -0.253. The van der Waals surface area contributed by atoms with Crippen molar-refractivity contribution in [1.29, 1.82) is 0 Å². The van der Waals surface area contributed by atoms with E-state index in [1.165, 1.54) is 11.1 Å². The number of methoxy groups -OCH3 is 2. The first-order chi connectivity index (χ1) is 17.6. The molecule has 0 unspecified atom stereocenters. The van der Waals surface area contributed by atoms with Crippen LogP contribution in [0.4, 0.5) is 5.69 Å². The Morgan fingerprint density at radius 1 is 0.944 bits per heavy atom. The highest BCUT2D eigenvalue weighted by Crippen LogP contribution is 2.39. The van der Waals surface area contributed by atoms with Crippen LogP contribution in [0.1, 0.15) is 46.6 Å². The Labute approximate surface area is 212 Å². The van der Waals surface area contributed by atoms with Crippen molar-refractivity contribution in [2.75, 3.05) is 33.0 Å². The number of fused-ring (bicyclic) bond motifs is 1. The van der Waals surface area contributed by atoms with Crippen LogP contribution < -0.4 is 15.2 Å². The molecule has 3 atom stereocenters. The summed E-state index contributed by atoms with van der Waals surface area (Å²) in [6, 6.07) is 19.8. The molecule has 2 aliphatic heterocycles. The first kappa shape index (κ1) is 24.6. The topological polar surface area (TPSA) is 86.4 Å². The van der Waals surface area contributed by atoms with Gasteiger partial charge in [-0.15, -0.1) is 0 Å². The summed E-state index contributed by atoms with van der Waals surface area (Å²) in [5, 5.41) is 9.43. The molecular formula is C29H34N2O5. The Morgan fingerprint density at radius 2 is 1.69 bits per heavy atom. The van der Waals surface area contributed by atoms with Gasteiger partial charge in [-0.25, -0.2) is 0 Å². The number of aliphatic hydroxyl groups excluding tert-OH is 1. The Morgan fingerprint density at radius 3 is 2.39 bits per heavy atom. The number of nitrogens with zero attached hydrogens (tertiary/aromatic N) is 1. The smallest absolute Gasteiger partial charge is 0.185 e. The average Bonchev–Trinajstić information content (AvgIpc) is 2.92. The number of ether oxygens (including phenoxy) is 4. The summed E-state index contributed by atoms with van der Waals surface area (Å²) >= 11 is 0. The molecule has 2 aliphatic rings. The van der Waals surface area contributed by atoms with Crippen LogP contribution in [0.15, 0.2) is 60.7 Å². The molecule has 0 aromatic heterocycles. The first-order valence-corrected chi connectivity index (χ1v) is 12.4. The fourth-order valence-electron chi connectivity index (χ4n) is 5.12. The van der Waals surface area contributed by atoms with E-state index >= 15 is 0 Å². The standard InChI is InChI=1S/C29H34N2O5/c1-33-27-13-21-10-11-31(16-23(21)14-28(27)34-2)17-25-15-26(20-8-6-19(18-32)7-9-20)36-29(35-25)22-4-3-5-24(30)12-22/h3-9,12-14,25-26,29,32H,10-11,15-18,30H2,1-2H3/t25-,26+,29+/m1/s1. The van der Waals surface area contributed by atoms with E-state index in [0.29, 0.717) is 5.69 Å². The molecule has 3 aromatic carbocycles. The maximum Gasteiger partial charge on any atom is 0.185 e. The number of nitrogens with two attached hydrogens (primary N) is 1. The normalized spacial score (nSPS) is 22.1. The van der Waals surface area contributed by atoms with Gasteiger partial charge in [0.05, 0.1) is 33.0 Å². The summed E-state index contributed by atoms with van der Waals surface area (Å²) in [6.07, 6.45) is 1.05. The third-order valence-corrected chi connectivity index (χ3v) is 7.06. The van der Waals surface area contributed by atoms with E-state index in [2.05, 4.69) is 17.0 Å². The van der Waals surface area contributed by atoms with Crippen LogP contribution in [0.25, 0.3) is 0 Å². The van der Waals surface area contributed by atoms with E-state index in [9.17, 15) is 5.11 Å². The van der Waals surface area contributed by atoms with E-state index < -0.39 is 6.29 Å². The molecule has 0 spiro atoms. The van der Waals surface area contributed by atoms with Crippen LogP contribution in [0, 0.1) is 0 Å². The van der Waals surface area contributed by atoms with Gasteiger partial charge in [0.15, 0.2) is 17.8 Å².